The van der Waals surface area contributed by atoms with Gasteiger partial charge in [0.2, 0.25) is 5.79 Å². The van der Waals surface area contributed by atoms with Gasteiger partial charge in [-0.15, -0.1) is 0 Å². The van der Waals surface area contributed by atoms with E-state index < -0.39 is 24.1 Å². The van der Waals surface area contributed by atoms with Gasteiger partial charge in [0.25, 0.3) is 0 Å². The zero-order valence-corrected chi connectivity index (χ0v) is 25.2. The topological polar surface area (TPSA) is 63.2 Å². The third-order valence-corrected chi connectivity index (χ3v) is 7.98. The van der Waals surface area contributed by atoms with Crippen LogP contribution in [0.2, 0.25) is 5.02 Å². The van der Waals surface area contributed by atoms with Gasteiger partial charge in [0.15, 0.2) is 0 Å². The van der Waals surface area contributed by atoms with E-state index in [0.29, 0.717) is 43.2 Å². The Hall–Kier alpha value is -3.52. The Morgan fingerprint density at radius 1 is 0.860 bits per heavy atom. The van der Waals surface area contributed by atoms with Crippen molar-refractivity contribution >= 4 is 17.9 Å². The monoisotopic (exact) mass is 600 g/mol. The van der Waals surface area contributed by atoms with Crippen LogP contribution in [0.15, 0.2) is 103 Å². The average Bonchev–Trinajstić information content (AvgIpc) is 3.05. The van der Waals surface area contributed by atoms with Crippen LogP contribution in [0.1, 0.15) is 41.2 Å². The van der Waals surface area contributed by atoms with E-state index in [2.05, 4.69) is 0 Å². The first-order valence-corrected chi connectivity index (χ1v) is 14.9. The number of ether oxygens (including phenoxy) is 5. The van der Waals surface area contributed by atoms with Crippen LogP contribution in [-0.2, 0) is 49.2 Å². The molecule has 1 aliphatic rings. The number of hydrogen-bond donors (Lipinski definition) is 0. The van der Waals surface area contributed by atoms with E-state index in [1.165, 1.54) is 0 Å². The summed E-state index contributed by atoms with van der Waals surface area (Å²) in [6.07, 6.45) is -0.248. The minimum absolute atomic E-state index is 0.309. The molecule has 0 N–H and O–H groups in total. The number of aldehydes is 1. The van der Waals surface area contributed by atoms with Gasteiger partial charge in [-0.1, -0.05) is 90.5 Å². The van der Waals surface area contributed by atoms with Crippen molar-refractivity contribution in [1.29, 1.82) is 0 Å². The third kappa shape index (κ3) is 7.53. The second kappa shape index (κ2) is 14.8. The molecule has 0 aliphatic carbocycles. The zero-order chi connectivity index (χ0) is 30.1. The molecule has 0 radical (unpaired) electrons. The Morgan fingerprint density at radius 2 is 1.51 bits per heavy atom. The smallest absolute Gasteiger partial charge is 0.225 e. The molecule has 0 aromatic heterocycles. The van der Waals surface area contributed by atoms with E-state index in [9.17, 15) is 4.79 Å². The first kappa shape index (κ1) is 30.9. The molecular formula is C36H37ClO6. The fourth-order valence-electron chi connectivity index (χ4n) is 5.46. The second-order valence-corrected chi connectivity index (χ2v) is 10.9. The average molecular weight is 601 g/mol. The van der Waals surface area contributed by atoms with Crippen molar-refractivity contribution < 1.29 is 28.5 Å². The van der Waals surface area contributed by atoms with Crippen molar-refractivity contribution in [2.45, 2.75) is 57.1 Å². The van der Waals surface area contributed by atoms with Crippen molar-refractivity contribution in [2.24, 2.45) is 0 Å². The summed E-state index contributed by atoms with van der Waals surface area (Å²) in [4.78, 5) is 12.2. The molecule has 0 amide bonds. The van der Waals surface area contributed by atoms with Gasteiger partial charge in [0.1, 0.15) is 24.2 Å². The molecule has 4 atom stereocenters. The Balaban J connectivity index is 1.50. The van der Waals surface area contributed by atoms with Gasteiger partial charge in [-0.3, -0.25) is 0 Å². The highest BCUT2D eigenvalue weighted by Crippen LogP contribution is 2.43. The summed E-state index contributed by atoms with van der Waals surface area (Å²) in [5.41, 5.74) is 4.67. The number of hydrogen-bond acceptors (Lipinski definition) is 6. The molecule has 7 heteroatoms. The number of benzene rings is 4. The number of carbonyl (C=O) groups is 1. The summed E-state index contributed by atoms with van der Waals surface area (Å²) >= 11 is 6.72. The van der Waals surface area contributed by atoms with Gasteiger partial charge in [-0.25, -0.2) is 0 Å². The van der Waals surface area contributed by atoms with E-state index in [1.807, 2.05) is 110 Å². The first-order valence-electron chi connectivity index (χ1n) is 14.5. The number of halogens is 1. The predicted octanol–water partition coefficient (Wildman–Crippen LogP) is 7.29. The molecule has 224 valence electrons. The maximum absolute atomic E-state index is 12.2. The van der Waals surface area contributed by atoms with Crippen LogP contribution in [0.5, 0.6) is 5.75 Å². The lowest BCUT2D eigenvalue weighted by Gasteiger charge is -2.48. The van der Waals surface area contributed by atoms with E-state index in [1.54, 1.807) is 7.11 Å². The second-order valence-electron chi connectivity index (χ2n) is 10.5. The van der Waals surface area contributed by atoms with Crippen molar-refractivity contribution in [2.75, 3.05) is 13.7 Å². The third-order valence-electron chi connectivity index (χ3n) is 7.61. The molecule has 1 saturated heterocycles. The number of carbonyl (C=O) groups excluding carboxylic acids is 1. The predicted molar refractivity (Wildman–Crippen MR) is 166 cm³/mol. The van der Waals surface area contributed by atoms with Crippen LogP contribution in [0.25, 0.3) is 0 Å². The molecule has 5 rings (SSSR count). The summed E-state index contributed by atoms with van der Waals surface area (Å²) in [7, 11) is 1.57. The highest BCUT2D eigenvalue weighted by atomic mass is 35.5. The number of rotatable bonds is 13. The minimum atomic E-state index is -1.43. The Morgan fingerprint density at radius 3 is 2.12 bits per heavy atom. The van der Waals surface area contributed by atoms with Crippen LogP contribution in [0.4, 0.5) is 0 Å². The largest absolute Gasteiger partial charge is 0.494 e. The van der Waals surface area contributed by atoms with Gasteiger partial charge in [-0.05, 0) is 59.9 Å². The maximum atomic E-state index is 12.2. The molecule has 1 aliphatic heterocycles. The summed E-state index contributed by atoms with van der Waals surface area (Å²) in [5.74, 6) is -0.613. The lowest BCUT2D eigenvalue weighted by atomic mass is 9.88. The van der Waals surface area contributed by atoms with E-state index in [4.69, 9.17) is 35.3 Å². The van der Waals surface area contributed by atoms with E-state index in [0.717, 1.165) is 34.3 Å². The van der Waals surface area contributed by atoms with Gasteiger partial charge in [-0.2, -0.15) is 0 Å². The van der Waals surface area contributed by atoms with Crippen LogP contribution in [-0.4, -0.2) is 38.3 Å². The Labute approximate surface area is 258 Å². The highest BCUT2D eigenvalue weighted by molar-refractivity contribution is 6.31. The minimum Gasteiger partial charge on any atom is -0.494 e. The highest BCUT2D eigenvalue weighted by Gasteiger charge is 2.54. The number of methoxy groups -OCH3 is 1. The molecule has 4 unspecified atom stereocenters. The van der Waals surface area contributed by atoms with E-state index >= 15 is 0 Å². The van der Waals surface area contributed by atoms with Gasteiger partial charge < -0.3 is 28.5 Å². The summed E-state index contributed by atoms with van der Waals surface area (Å²) < 4.78 is 31.4. The molecule has 4 aromatic carbocycles. The lowest BCUT2D eigenvalue weighted by molar-refractivity contribution is -0.349. The molecular weight excluding hydrogens is 564 g/mol. The molecule has 1 fully saturated rings. The molecule has 4 aromatic rings. The van der Waals surface area contributed by atoms with Crippen molar-refractivity contribution in [1.82, 2.24) is 0 Å². The first-order chi connectivity index (χ1) is 21.0. The van der Waals surface area contributed by atoms with Crippen LogP contribution < -0.4 is 4.74 Å². The maximum Gasteiger partial charge on any atom is 0.225 e. The van der Waals surface area contributed by atoms with Crippen LogP contribution in [0, 0.1) is 0 Å². The quantitative estimate of drug-likeness (QED) is 0.150. The SMILES string of the molecule is CCOc1ccc(Cc2cc(C3(OC)OC(C=O)CC(OCc4ccccc4)C3OCc3ccccc3)ccc2Cl)cc1. The standard InChI is InChI=1S/C36H37ClO6/c1-3-40-31-17-14-26(15-18-31)20-29-21-30(16-19-33(29)37)36(39-2)35(42-25-28-12-8-5-9-13-28)34(22-32(23-38)43-36)41-24-27-10-6-4-7-11-27/h4-19,21,23,32,34-35H,3,20,22,24-25H2,1-2H3. The lowest BCUT2D eigenvalue weighted by Crippen LogP contribution is -2.59. The van der Waals surface area contributed by atoms with E-state index in [-0.39, 0.29) is 0 Å². The summed E-state index contributed by atoms with van der Waals surface area (Å²) in [5, 5.41) is 0.616. The van der Waals surface area contributed by atoms with Crippen molar-refractivity contribution in [3.63, 3.8) is 0 Å². The summed E-state index contributed by atoms with van der Waals surface area (Å²) in [6.45, 7) is 3.23. The molecule has 0 spiro atoms. The fraction of sp³-hybridized carbons (Fsp3) is 0.306. The normalized spacial score (nSPS) is 21.8. The molecule has 0 saturated carbocycles. The molecule has 6 nitrogen and oxygen atoms in total. The Kier molecular flexibility index (Phi) is 10.6. The van der Waals surface area contributed by atoms with Gasteiger partial charge >= 0.3 is 0 Å². The van der Waals surface area contributed by atoms with Crippen LogP contribution in [0.3, 0.4) is 0 Å². The molecule has 43 heavy (non-hydrogen) atoms. The molecule has 1 heterocycles. The van der Waals surface area contributed by atoms with Crippen molar-refractivity contribution in [3.8, 4) is 5.75 Å². The fourth-order valence-corrected chi connectivity index (χ4v) is 5.65. The van der Waals surface area contributed by atoms with Crippen molar-refractivity contribution in [3.05, 3.63) is 136 Å². The zero-order valence-electron chi connectivity index (χ0n) is 24.5. The molecule has 0 bridgehead atoms. The summed E-state index contributed by atoms with van der Waals surface area (Å²) in [6, 6.07) is 33.5. The Bertz CT molecular complexity index is 1450. The van der Waals surface area contributed by atoms with Gasteiger partial charge in [0.05, 0.1) is 25.9 Å². The van der Waals surface area contributed by atoms with Crippen LogP contribution >= 0.6 is 11.6 Å². The van der Waals surface area contributed by atoms with Gasteiger partial charge in [0, 0.05) is 24.1 Å².